The Labute approximate surface area is 155 Å². The van der Waals surface area contributed by atoms with Crippen molar-refractivity contribution in [1.29, 1.82) is 0 Å². The van der Waals surface area contributed by atoms with Crippen molar-refractivity contribution in [3.63, 3.8) is 0 Å². The van der Waals surface area contributed by atoms with Crippen LogP contribution in [0.4, 0.5) is 13.6 Å². The van der Waals surface area contributed by atoms with E-state index in [1.54, 1.807) is 0 Å². The van der Waals surface area contributed by atoms with Crippen LogP contribution < -0.4 is 11.1 Å². The minimum atomic E-state index is -0.537. The predicted molar refractivity (Wildman–Crippen MR) is 99.5 cm³/mol. The van der Waals surface area contributed by atoms with Crippen LogP contribution in [-0.4, -0.2) is 24.1 Å². The molecule has 1 aromatic carbocycles. The summed E-state index contributed by atoms with van der Waals surface area (Å²) >= 11 is 0. The van der Waals surface area contributed by atoms with Gasteiger partial charge in [-0.15, -0.1) is 0 Å². The molecule has 2 amide bonds. The zero-order valence-electron chi connectivity index (χ0n) is 16.6. The van der Waals surface area contributed by atoms with Gasteiger partial charge in [0.2, 0.25) is 5.91 Å². The van der Waals surface area contributed by atoms with Crippen LogP contribution in [0.15, 0.2) is 24.3 Å². The summed E-state index contributed by atoms with van der Waals surface area (Å²) in [5.74, 6) is -1.22. The molecule has 150 valence electrons. The SMILES string of the molecule is CC.CC(CCNC(=O)OC(C)(C)C)CC(N)=O.Fc1cccc(F)c1. The van der Waals surface area contributed by atoms with Gasteiger partial charge in [-0.25, -0.2) is 13.6 Å². The first-order valence-electron chi connectivity index (χ1n) is 8.66. The number of carbonyl (C=O) groups excluding carboxylic acids is 2. The van der Waals surface area contributed by atoms with E-state index in [9.17, 15) is 18.4 Å². The average molecular weight is 374 g/mol. The molecule has 1 rings (SSSR count). The van der Waals surface area contributed by atoms with Gasteiger partial charge in [0.05, 0.1) is 0 Å². The third-order valence-electron chi connectivity index (χ3n) is 2.64. The second-order valence-corrected chi connectivity index (χ2v) is 6.43. The summed E-state index contributed by atoms with van der Waals surface area (Å²) in [5, 5.41) is 2.63. The standard InChI is InChI=1S/C11H22N2O3.C6H4F2.C2H6/c1-8(7-9(12)14)5-6-13-10(15)16-11(2,3)4;7-5-2-1-3-6(8)4-5;1-2/h8H,5-7H2,1-4H3,(H2,12,14)(H,13,15);1-4H;1-2H3. The maximum absolute atomic E-state index is 11.9. The van der Waals surface area contributed by atoms with Crippen LogP contribution in [0.1, 0.15) is 54.4 Å². The molecule has 0 heterocycles. The first-order chi connectivity index (χ1) is 12.0. The van der Waals surface area contributed by atoms with Gasteiger partial charge in [-0.3, -0.25) is 4.79 Å². The number of ether oxygens (including phenoxy) is 1. The summed E-state index contributed by atoms with van der Waals surface area (Å²) in [6.45, 7) is 11.8. The van der Waals surface area contributed by atoms with E-state index in [-0.39, 0.29) is 11.8 Å². The molecule has 0 aliphatic rings. The fourth-order valence-corrected chi connectivity index (χ4v) is 1.64. The van der Waals surface area contributed by atoms with Crippen LogP contribution in [0.3, 0.4) is 0 Å². The van der Waals surface area contributed by atoms with Crippen molar-refractivity contribution in [1.82, 2.24) is 5.32 Å². The van der Waals surface area contributed by atoms with Crippen LogP contribution in [0, 0.1) is 17.6 Å². The molecule has 7 heteroatoms. The molecule has 0 aliphatic carbocycles. The first-order valence-corrected chi connectivity index (χ1v) is 8.66. The van der Waals surface area contributed by atoms with Crippen LogP contribution in [0.25, 0.3) is 0 Å². The van der Waals surface area contributed by atoms with Gasteiger partial charge in [-0.1, -0.05) is 26.8 Å². The average Bonchev–Trinajstić information content (AvgIpc) is 2.47. The lowest BCUT2D eigenvalue weighted by atomic mass is 10.0. The van der Waals surface area contributed by atoms with Crippen LogP contribution in [0.2, 0.25) is 0 Å². The van der Waals surface area contributed by atoms with Gasteiger partial charge in [0.1, 0.15) is 17.2 Å². The van der Waals surface area contributed by atoms with Crippen molar-refractivity contribution in [2.24, 2.45) is 11.7 Å². The van der Waals surface area contributed by atoms with Crippen molar-refractivity contribution < 1.29 is 23.1 Å². The summed E-state index contributed by atoms with van der Waals surface area (Å²) in [6, 6.07) is 4.55. The van der Waals surface area contributed by atoms with Gasteiger partial charge in [-0.2, -0.15) is 0 Å². The molecule has 0 saturated heterocycles. The predicted octanol–water partition coefficient (Wildman–Crippen LogP) is 4.40. The first kappa shape index (κ1) is 26.1. The van der Waals surface area contributed by atoms with Crippen LogP contribution in [0.5, 0.6) is 0 Å². The maximum Gasteiger partial charge on any atom is 0.407 e. The number of hydrogen-bond donors (Lipinski definition) is 2. The Balaban J connectivity index is 0. The summed E-state index contributed by atoms with van der Waals surface area (Å²) in [5.41, 5.74) is 4.57. The van der Waals surface area contributed by atoms with Crippen molar-refractivity contribution in [3.05, 3.63) is 35.9 Å². The van der Waals surface area contributed by atoms with Gasteiger partial charge in [0.25, 0.3) is 0 Å². The Morgan fingerprint density at radius 1 is 1.19 bits per heavy atom. The van der Waals surface area contributed by atoms with Crippen LogP contribution in [-0.2, 0) is 9.53 Å². The van der Waals surface area contributed by atoms with E-state index < -0.39 is 23.3 Å². The maximum atomic E-state index is 11.9. The molecule has 26 heavy (non-hydrogen) atoms. The normalized spacial score (nSPS) is 11.1. The molecule has 1 aromatic rings. The second-order valence-electron chi connectivity index (χ2n) is 6.43. The lowest BCUT2D eigenvalue weighted by Crippen LogP contribution is -2.33. The van der Waals surface area contributed by atoms with Crippen molar-refractivity contribution in [2.45, 2.75) is 60.0 Å². The number of nitrogens with one attached hydrogen (secondary N) is 1. The van der Waals surface area contributed by atoms with Crippen molar-refractivity contribution in [3.8, 4) is 0 Å². The highest BCUT2D eigenvalue weighted by molar-refractivity contribution is 5.73. The molecule has 0 radical (unpaired) electrons. The van der Waals surface area contributed by atoms with E-state index in [1.165, 1.54) is 18.2 Å². The molecule has 1 unspecified atom stereocenters. The summed E-state index contributed by atoms with van der Waals surface area (Å²) < 4.78 is 28.9. The summed E-state index contributed by atoms with van der Waals surface area (Å²) in [4.78, 5) is 21.8. The second kappa shape index (κ2) is 14.0. The highest BCUT2D eigenvalue weighted by atomic mass is 19.1. The number of halogens is 2. The molecule has 5 nitrogen and oxygen atoms in total. The smallest absolute Gasteiger partial charge is 0.407 e. The number of hydrogen-bond acceptors (Lipinski definition) is 3. The Morgan fingerprint density at radius 3 is 2.04 bits per heavy atom. The highest BCUT2D eigenvalue weighted by Gasteiger charge is 2.15. The number of carbonyl (C=O) groups is 2. The van der Waals surface area contributed by atoms with Gasteiger partial charge in [0, 0.05) is 19.0 Å². The Bertz CT molecular complexity index is 515. The fourth-order valence-electron chi connectivity index (χ4n) is 1.64. The lowest BCUT2D eigenvalue weighted by molar-refractivity contribution is -0.118. The van der Waals surface area contributed by atoms with Crippen molar-refractivity contribution >= 4 is 12.0 Å². The van der Waals surface area contributed by atoms with Gasteiger partial charge >= 0.3 is 6.09 Å². The van der Waals surface area contributed by atoms with E-state index in [1.807, 2.05) is 41.5 Å². The Kier molecular flexibility index (Phi) is 14.1. The lowest BCUT2D eigenvalue weighted by Gasteiger charge is -2.20. The third kappa shape index (κ3) is 18.2. The number of primary amides is 1. The third-order valence-corrected chi connectivity index (χ3v) is 2.64. The largest absolute Gasteiger partial charge is 0.444 e. The molecule has 0 fully saturated rings. The van der Waals surface area contributed by atoms with E-state index in [2.05, 4.69) is 5.32 Å². The number of alkyl carbamates (subject to hydrolysis) is 1. The van der Waals surface area contributed by atoms with E-state index in [0.29, 0.717) is 19.4 Å². The number of rotatable bonds is 5. The van der Waals surface area contributed by atoms with Gasteiger partial charge < -0.3 is 15.8 Å². The molecule has 0 aliphatic heterocycles. The van der Waals surface area contributed by atoms with Gasteiger partial charge in [0.15, 0.2) is 0 Å². The summed E-state index contributed by atoms with van der Waals surface area (Å²) in [6.07, 6.45) is 0.622. The molecule has 0 spiro atoms. The van der Waals surface area contributed by atoms with E-state index in [4.69, 9.17) is 10.5 Å². The zero-order valence-corrected chi connectivity index (χ0v) is 16.6. The molecule has 0 aromatic heterocycles. The molecular weight excluding hydrogens is 342 g/mol. The highest BCUT2D eigenvalue weighted by Crippen LogP contribution is 2.08. The monoisotopic (exact) mass is 374 g/mol. The Hall–Kier alpha value is -2.18. The quantitative estimate of drug-likeness (QED) is 0.801. The minimum absolute atomic E-state index is 0.174. The van der Waals surface area contributed by atoms with Crippen LogP contribution >= 0.6 is 0 Å². The Morgan fingerprint density at radius 2 is 1.69 bits per heavy atom. The number of amides is 2. The zero-order chi connectivity index (χ0) is 20.8. The molecule has 1 atom stereocenters. The van der Waals surface area contributed by atoms with E-state index >= 15 is 0 Å². The van der Waals surface area contributed by atoms with Gasteiger partial charge in [-0.05, 0) is 45.2 Å². The van der Waals surface area contributed by atoms with Crippen molar-refractivity contribution in [2.75, 3.05) is 6.54 Å². The fraction of sp³-hybridized carbons (Fsp3) is 0.579. The summed E-state index contributed by atoms with van der Waals surface area (Å²) in [7, 11) is 0. The molecule has 0 saturated carbocycles. The number of benzene rings is 1. The number of nitrogens with two attached hydrogens (primary N) is 1. The minimum Gasteiger partial charge on any atom is -0.444 e. The topological polar surface area (TPSA) is 81.4 Å². The molecular formula is C19H32F2N2O3. The molecule has 3 N–H and O–H groups in total. The van der Waals surface area contributed by atoms with E-state index in [0.717, 1.165) is 6.07 Å². The molecule has 0 bridgehead atoms.